The van der Waals surface area contributed by atoms with Crippen LogP contribution in [0.4, 0.5) is 4.39 Å². The zero-order valence-corrected chi connectivity index (χ0v) is 12.3. The summed E-state index contributed by atoms with van der Waals surface area (Å²) in [6, 6.07) is 4.91. The molecule has 0 saturated carbocycles. The molecule has 0 aliphatic carbocycles. The van der Waals surface area contributed by atoms with Crippen molar-refractivity contribution < 1.29 is 9.18 Å². The molecule has 3 aromatic heterocycles. The van der Waals surface area contributed by atoms with Crippen molar-refractivity contribution in [1.29, 1.82) is 0 Å². The molecule has 0 aliphatic heterocycles. The highest BCUT2D eigenvalue weighted by Crippen LogP contribution is 2.24. The molecule has 0 N–H and O–H groups in total. The van der Waals surface area contributed by atoms with E-state index in [2.05, 4.69) is 9.97 Å². The summed E-state index contributed by atoms with van der Waals surface area (Å²) >= 11 is 1.46. The van der Waals surface area contributed by atoms with Gasteiger partial charge in [0, 0.05) is 24.3 Å². The molecular formula is C14H13FN4OS. The molecule has 0 fully saturated rings. The number of imidazole rings is 1. The molecule has 0 radical (unpaired) electrons. The second-order valence-electron chi connectivity index (χ2n) is 4.68. The standard InChI is InChI=1S/C14H13FN4OS/c1-9(10-7-16-8-21-10)18(2)14(20)12-13(15)19-6-4-3-5-11(19)17-12/h3-9H,1-2H3/t9-/m1/s1. The number of pyridine rings is 1. The maximum absolute atomic E-state index is 14.3. The highest BCUT2D eigenvalue weighted by Gasteiger charge is 2.26. The molecule has 7 heteroatoms. The van der Waals surface area contributed by atoms with Crippen LogP contribution < -0.4 is 0 Å². The largest absolute Gasteiger partial charge is 0.333 e. The van der Waals surface area contributed by atoms with E-state index in [1.54, 1.807) is 43.2 Å². The van der Waals surface area contributed by atoms with Crippen LogP contribution in [-0.2, 0) is 0 Å². The molecule has 1 amide bonds. The molecule has 21 heavy (non-hydrogen) atoms. The molecule has 108 valence electrons. The first-order valence-electron chi connectivity index (χ1n) is 6.37. The van der Waals surface area contributed by atoms with Crippen LogP contribution in [0, 0.1) is 5.95 Å². The van der Waals surface area contributed by atoms with E-state index < -0.39 is 11.9 Å². The van der Waals surface area contributed by atoms with E-state index in [-0.39, 0.29) is 11.7 Å². The lowest BCUT2D eigenvalue weighted by Crippen LogP contribution is -2.30. The van der Waals surface area contributed by atoms with Gasteiger partial charge in [-0.25, -0.2) is 4.98 Å². The van der Waals surface area contributed by atoms with E-state index in [0.29, 0.717) is 5.65 Å². The molecule has 1 atom stereocenters. The Morgan fingerprint density at radius 1 is 1.48 bits per heavy atom. The van der Waals surface area contributed by atoms with Crippen molar-refractivity contribution in [2.24, 2.45) is 0 Å². The van der Waals surface area contributed by atoms with E-state index in [1.165, 1.54) is 20.6 Å². The summed E-state index contributed by atoms with van der Waals surface area (Å²) in [7, 11) is 1.64. The van der Waals surface area contributed by atoms with Crippen molar-refractivity contribution in [3.05, 3.63) is 52.6 Å². The number of carbonyl (C=O) groups is 1. The molecular weight excluding hydrogens is 291 g/mol. The molecule has 5 nitrogen and oxygen atoms in total. The van der Waals surface area contributed by atoms with Crippen LogP contribution in [-0.4, -0.2) is 32.2 Å². The molecule has 0 bridgehead atoms. The third-order valence-corrected chi connectivity index (χ3v) is 4.38. The van der Waals surface area contributed by atoms with Crippen LogP contribution in [0.3, 0.4) is 0 Å². The maximum atomic E-state index is 14.3. The van der Waals surface area contributed by atoms with Crippen LogP contribution >= 0.6 is 11.3 Å². The van der Waals surface area contributed by atoms with Crippen molar-refractivity contribution in [2.45, 2.75) is 13.0 Å². The molecule has 0 aromatic carbocycles. The highest BCUT2D eigenvalue weighted by molar-refractivity contribution is 7.09. The fourth-order valence-corrected chi connectivity index (χ4v) is 2.79. The monoisotopic (exact) mass is 304 g/mol. The van der Waals surface area contributed by atoms with E-state index in [0.717, 1.165) is 4.88 Å². The predicted octanol–water partition coefficient (Wildman–Crippen LogP) is 2.76. The van der Waals surface area contributed by atoms with Gasteiger partial charge in [0.2, 0.25) is 5.95 Å². The SMILES string of the molecule is C[C@H](c1cncs1)N(C)C(=O)c1nc2ccccn2c1F. The van der Waals surface area contributed by atoms with Gasteiger partial charge in [0.1, 0.15) is 5.65 Å². The van der Waals surface area contributed by atoms with E-state index in [9.17, 15) is 9.18 Å². The molecule has 3 aromatic rings. The highest BCUT2D eigenvalue weighted by atomic mass is 32.1. The fourth-order valence-electron chi connectivity index (χ4n) is 2.07. The molecule has 0 saturated heterocycles. The second-order valence-corrected chi connectivity index (χ2v) is 5.59. The second kappa shape index (κ2) is 5.25. The number of halogens is 1. The number of amides is 1. The average molecular weight is 304 g/mol. The van der Waals surface area contributed by atoms with Crippen molar-refractivity contribution >= 4 is 22.9 Å². The van der Waals surface area contributed by atoms with Gasteiger partial charge in [-0.15, -0.1) is 11.3 Å². The molecule has 0 spiro atoms. The predicted molar refractivity (Wildman–Crippen MR) is 77.8 cm³/mol. The van der Waals surface area contributed by atoms with Crippen molar-refractivity contribution in [2.75, 3.05) is 7.05 Å². The van der Waals surface area contributed by atoms with E-state index >= 15 is 0 Å². The van der Waals surface area contributed by atoms with Gasteiger partial charge in [0.05, 0.1) is 11.6 Å². The van der Waals surface area contributed by atoms with Crippen LogP contribution in [0.1, 0.15) is 28.3 Å². The first-order chi connectivity index (χ1) is 10.1. The summed E-state index contributed by atoms with van der Waals surface area (Å²) in [4.78, 5) is 23.0. The number of hydrogen-bond acceptors (Lipinski definition) is 4. The smallest absolute Gasteiger partial charge is 0.277 e. The lowest BCUT2D eigenvalue weighted by molar-refractivity contribution is 0.0734. The average Bonchev–Trinajstić information content (AvgIpc) is 3.14. The number of carbonyl (C=O) groups excluding carboxylic acids is 1. The van der Waals surface area contributed by atoms with Crippen molar-refractivity contribution in [3.63, 3.8) is 0 Å². The lowest BCUT2D eigenvalue weighted by Gasteiger charge is -2.22. The quantitative estimate of drug-likeness (QED) is 0.747. The van der Waals surface area contributed by atoms with Crippen molar-refractivity contribution in [3.8, 4) is 0 Å². The Labute approximate surface area is 124 Å². The third-order valence-electron chi connectivity index (χ3n) is 3.44. The minimum atomic E-state index is -0.640. The topological polar surface area (TPSA) is 50.5 Å². The van der Waals surface area contributed by atoms with Gasteiger partial charge in [-0.3, -0.25) is 14.2 Å². The summed E-state index contributed by atoms with van der Waals surface area (Å²) in [5.41, 5.74) is 1.95. The van der Waals surface area contributed by atoms with Gasteiger partial charge < -0.3 is 4.90 Å². The summed E-state index contributed by atoms with van der Waals surface area (Å²) in [6.45, 7) is 1.87. The Balaban J connectivity index is 1.95. The summed E-state index contributed by atoms with van der Waals surface area (Å²) in [5.74, 6) is -1.09. The number of thiazole rings is 1. The normalized spacial score (nSPS) is 12.5. The lowest BCUT2D eigenvalue weighted by atomic mass is 10.2. The van der Waals surface area contributed by atoms with Gasteiger partial charge in [0.25, 0.3) is 5.91 Å². The van der Waals surface area contributed by atoms with Crippen LogP contribution in [0.2, 0.25) is 0 Å². The van der Waals surface area contributed by atoms with Gasteiger partial charge in [0.15, 0.2) is 5.69 Å². The minimum Gasteiger partial charge on any atom is -0.333 e. The van der Waals surface area contributed by atoms with Crippen molar-refractivity contribution in [1.82, 2.24) is 19.3 Å². The molecule has 3 rings (SSSR count). The zero-order valence-electron chi connectivity index (χ0n) is 11.5. The number of hydrogen-bond donors (Lipinski definition) is 0. The fraction of sp³-hybridized carbons (Fsp3) is 0.214. The Morgan fingerprint density at radius 2 is 2.29 bits per heavy atom. The van der Waals surface area contributed by atoms with E-state index in [4.69, 9.17) is 0 Å². The summed E-state index contributed by atoms with van der Waals surface area (Å²) in [5, 5.41) is 0. The first kappa shape index (κ1) is 13.7. The molecule has 3 heterocycles. The van der Waals surface area contributed by atoms with Gasteiger partial charge >= 0.3 is 0 Å². The number of aromatic nitrogens is 3. The Hall–Kier alpha value is -2.28. The first-order valence-corrected chi connectivity index (χ1v) is 7.25. The summed E-state index contributed by atoms with van der Waals surface area (Å²) in [6.07, 6.45) is 3.25. The number of nitrogens with zero attached hydrogens (tertiary/aromatic N) is 4. The minimum absolute atomic E-state index is 0.167. The van der Waals surface area contributed by atoms with Gasteiger partial charge in [-0.1, -0.05) is 6.07 Å². The van der Waals surface area contributed by atoms with Gasteiger partial charge in [-0.2, -0.15) is 4.39 Å². The maximum Gasteiger partial charge on any atom is 0.277 e. The zero-order chi connectivity index (χ0) is 15.0. The number of fused-ring (bicyclic) bond motifs is 1. The number of rotatable bonds is 3. The Kier molecular flexibility index (Phi) is 3.42. The third kappa shape index (κ3) is 2.29. The Bertz CT molecular complexity index is 783. The van der Waals surface area contributed by atoms with Crippen LogP contribution in [0.15, 0.2) is 36.1 Å². The van der Waals surface area contributed by atoms with E-state index in [1.807, 2.05) is 6.92 Å². The molecule has 0 unspecified atom stereocenters. The molecule has 0 aliphatic rings. The summed E-state index contributed by atoms with van der Waals surface area (Å²) < 4.78 is 15.6. The van der Waals surface area contributed by atoms with Crippen LogP contribution in [0.5, 0.6) is 0 Å². The Morgan fingerprint density at radius 3 is 2.95 bits per heavy atom. The van der Waals surface area contributed by atoms with Gasteiger partial charge in [-0.05, 0) is 19.1 Å². The van der Waals surface area contributed by atoms with Crippen LogP contribution in [0.25, 0.3) is 5.65 Å².